The molecule has 2 aromatic rings. The molecular formula is C20H22FN3O3. The molecule has 1 aromatic carbocycles. The molecule has 0 radical (unpaired) electrons. The summed E-state index contributed by atoms with van der Waals surface area (Å²) in [5.41, 5.74) is 2.79. The lowest BCUT2D eigenvalue weighted by Gasteiger charge is -2.26. The van der Waals surface area contributed by atoms with Gasteiger partial charge in [0, 0.05) is 24.3 Å². The minimum atomic E-state index is -0.570. The Bertz CT molecular complexity index is 854. The van der Waals surface area contributed by atoms with Crippen molar-refractivity contribution in [3.63, 3.8) is 0 Å². The highest BCUT2D eigenvalue weighted by Crippen LogP contribution is 2.28. The van der Waals surface area contributed by atoms with Gasteiger partial charge in [-0.15, -0.1) is 0 Å². The molecule has 0 N–H and O–H groups in total. The third-order valence-corrected chi connectivity index (χ3v) is 5.23. The van der Waals surface area contributed by atoms with Crippen molar-refractivity contribution in [2.24, 2.45) is 0 Å². The number of halogens is 1. The van der Waals surface area contributed by atoms with E-state index in [1.54, 1.807) is 21.7 Å². The molecule has 142 valence electrons. The second-order valence-corrected chi connectivity index (χ2v) is 7.03. The number of hydrogen-bond donors (Lipinski definition) is 0. The Kier molecular flexibility index (Phi) is 4.92. The molecule has 1 aromatic heterocycles. The van der Waals surface area contributed by atoms with Gasteiger partial charge in [-0.2, -0.15) is 5.10 Å². The monoisotopic (exact) mass is 371 g/mol. The van der Waals surface area contributed by atoms with Crippen molar-refractivity contribution in [2.75, 3.05) is 19.7 Å². The number of fused-ring (bicyclic) bond motifs is 1. The average Bonchev–Trinajstić information content (AvgIpc) is 3.30. The van der Waals surface area contributed by atoms with Crippen molar-refractivity contribution in [1.29, 1.82) is 0 Å². The predicted octanol–water partition coefficient (Wildman–Crippen LogP) is 2.67. The zero-order chi connectivity index (χ0) is 18.8. The number of piperidine rings is 1. The lowest BCUT2D eigenvalue weighted by molar-refractivity contribution is -0.135. The summed E-state index contributed by atoms with van der Waals surface area (Å²) in [6.07, 6.45) is 5.61. The smallest absolute Gasteiger partial charge is 0.359 e. The first-order chi connectivity index (χ1) is 13.1. The molecule has 0 bridgehead atoms. The van der Waals surface area contributed by atoms with Gasteiger partial charge in [0.2, 0.25) is 0 Å². The standard InChI is InChI=1S/C20H22FN3O3/c21-14-7-9-15(10-8-14)24-17-6-4-5-16(17)19(22-24)20(26)27-13-18(25)23-11-2-1-3-12-23/h7-10H,1-6,11-13H2. The quantitative estimate of drug-likeness (QED) is 0.775. The molecule has 27 heavy (non-hydrogen) atoms. The summed E-state index contributed by atoms with van der Waals surface area (Å²) in [7, 11) is 0. The van der Waals surface area contributed by atoms with Crippen LogP contribution in [-0.4, -0.2) is 46.3 Å². The maximum absolute atomic E-state index is 13.2. The third-order valence-electron chi connectivity index (χ3n) is 5.23. The summed E-state index contributed by atoms with van der Waals surface area (Å²) >= 11 is 0. The van der Waals surface area contributed by atoms with Crippen LogP contribution in [0.5, 0.6) is 0 Å². The molecule has 6 nitrogen and oxygen atoms in total. The largest absolute Gasteiger partial charge is 0.451 e. The van der Waals surface area contributed by atoms with Gasteiger partial charge in [0.25, 0.3) is 5.91 Å². The van der Waals surface area contributed by atoms with Crippen LogP contribution in [0.2, 0.25) is 0 Å². The lowest BCUT2D eigenvalue weighted by atomic mass is 10.1. The van der Waals surface area contributed by atoms with E-state index in [0.717, 1.165) is 62.9 Å². The van der Waals surface area contributed by atoms with Gasteiger partial charge >= 0.3 is 5.97 Å². The summed E-state index contributed by atoms with van der Waals surface area (Å²) in [6.45, 7) is 1.20. The summed E-state index contributed by atoms with van der Waals surface area (Å²) in [4.78, 5) is 26.5. The van der Waals surface area contributed by atoms with Gasteiger partial charge in [-0.1, -0.05) is 0 Å². The number of likely N-dealkylation sites (tertiary alicyclic amines) is 1. The first kappa shape index (κ1) is 17.7. The maximum Gasteiger partial charge on any atom is 0.359 e. The van der Waals surface area contributed by atoms with E-state index >= 15 is 0 Å². The number of benzene rings is 1. The third kappa shape index (κ3) is 3.59. The molecule has 2 aliphatic rings. The first-order valence-corrected chi connectivity index (χ1v) is 9.45. The predicted molar refractivity (Wildman–Crippen MR) is 96.3 cm³/mol. The Morgan fingerprint density at radius 2 is 1.78 bits per heavy atom. The first-order valence-electron chi connectivity index (χ1n) is 9.45. The number of carbonyl (C=O) groups is 2. The molecule has 1 aliphatic carbocycles. The number of ether oxygens (including phenoxy) is 1. The van der Waals surface area contributed by atoms with Crippen LogP contribution in [0.1, 0.15) is 47.4 Å². The Labute approximate surface area is 156 Å². The van der Waals surface area contributed by atoms with Crippen LogP contribution in [0.25, 0.3) is 5.69 Å². The van der Waals surface area contributed by atoms with Crippen molar-refractivity contribution < 1.29 is 18.7 Å². The van der Waals surface area contributed by atoms with E-state index < -0.39 is 5.97 Å². The number of aromatic nitrogens is 2. The number of esters is 1. The number of nitrogens with zero attached hydrogens (tertiary/aromatic N) is 3. The average molecular weight is 371 g/mol. The van der Waals surface area contributed by atoms with E-state index in [1.807, 2.05) is 0 Å². The van der Waals surface area contributed by atoms with E-state index in [1.165, 1.54) is 12.1 Å². The molecule has 0 spiro atoms. The van der Waals surface area contributed by atoms with Gasteiger partial charge < -0.3 is 9.64 Å². The molecule has 1 aliphatic heterocycles. The van der Waals surface area contributed by atoms with Gasteiger partial charge in [-0.25, -0.2) is 13.9 Å². The van der Waals surface area contributed by atoms with Gasteiger partial charge in [-0.05, 0) is 62.8 Å². The number of amides is 1. The molecule has 0 unspecified atom stereocenters. The zero-order valence-corrected chi connectivity index (χ0v) is 15.1. The lowest BCUT2D eigenvalue weighted by Crippen LogP contribution is -2.38. The van der Waals surface area contributed by atoms with Crippen molar-refractivity contribution in [3.05, 3.63) is 47.0 Å². The summed E-state index contributed by atoms with van der Waals surface area (Å²) in [5.74, 6) is -1.05. The summed E-state index contributed by atoms with van der Waals surface area (Å²) in [5, 5.41) is 4.42. The molecule has 0 saturated carbocycles. The van der Waals surface area contributed by atoms with Gasteiger partial charge in [0.1, 0.15) is 5.82 Å². The normalized spacial score (nSPS) is 16.3. The topological polar surface area (TPSA) is 64.4 Å². The Hall–Kier alpha value is -2.70. The van der Waals surface area contributed by atoms with Gasteiger partial charge in [-0.3, -0.25) is 4.79 Å². The Morgan fingerprint density at radius 1 is 1.04 bits per heavy atom. The molecule has 1 fully saturated rings. The molecule has 4 rings (SSSR count). The molecule has 1 saturated heterocycles. The molecule has 7 heteroatoms. The van der Waals surface area contributed by atoms with Gasteiger partial charge in [0.15, 0.2) is 12.3 Å². The second-order valence-electron chi connectivity index (χ2n) is 7.03. The van der Waals surface area contributed by atoms with Crippen molar-refractivity contribution >= 4 is 11.9 Å². The molecule has 0 atom stereocenters. The van der Waals surface area contributed by atoms with Crippen LogP contribution in [0.3, 0.4) is 0 Å². The van der Waals surface area contributed by atoms with Crippen LogP contribution in [-0.2, 0) is 22.4 Å². The zero-order valence-electron chi connectivity index (χ0n) is 15.1. The minimum Gasteiger partial charge on any atom is -0.451 e. The number of rotatable bonds is 4. The van der Waals surface area contributed by atoms with Gasteiger partial charge in [0.05, 0.1) is 5.69 Å². The van der Waals surface area contributed by atoms with E-state index in [2.05, 4.69) is 5.10 Å². The SMILES string of the molecule is O=C(OCC(=O)N1CCCCC1)c1nn(-c2ccc(F)cc2)c2c1CCC2. The van der Waals surface area contributed by atoms with Crippen LogP contribution in [0.15, 0.2) is 24.3 Å². The van der Waals surface area contributed by atoms with Crippen LogP contribution < -0.4 is 0 Å². The van der Waals surface area contributed by atoms with E-state index in [0.29, 0.717) is 5.69 Å². The second kappa shape index (κ2) is 7.50. The Morgan fingerprint density at radius 3 is 2.52 bits per heavy atom. The highest BCUT2D eigenvalue weighted by molar-refractivity contribution is 5.91. The highest BCUT2D eigenvalue weighted by Gasteiger charge is 2.28. The van der Waals surface area contributed by atoms with E-state index in [-0.39, 0.29) is 24.0 Å². The van der Waals surface area contributed by atoms with E-state index in [9.17, 15) is 14.0 Å². The Balaban J connectivity index is 1.50. The van der Waals surface area contributed by atoms with E-state index in [4.69, 9.17) is 4.74 Å². The van der Waals surface area contributed by atoms with Crippen molar-refractivity contribution in [2.45, 2.75) is 38.5 Å². The van der Waals surface area contributed by atoms with Crippen LogP contribution in [0, 0.1) is 5.82 Å². The minimum absolute atomic E-state index is 0.155. The molecule has 2 heterocycles. The molecule has 1 amide bonds. The number of carbonyl (C=O) groups excluding carboxylic acids is 2. The summed E-state index contributed by atoms with van der Waals surface area (Å²) in [6, 6.07) is 6.01. The number of hydrogen-bond acceptors (Lipinski definition) is 4. The van der Waals surface area contributed by atoms with Crippen molar-refractivity contribution in [3.8, 4) is 5.69 Å². The van der Waals surface area contributed by atoms with Crippen LogP contribution >= 0.6 is 0 Å². The molecular weight excluding hydrogens is 349 g/mol. The fourth-order valence-corrected chi connectivity index (χ4v) is 3.83. The fraction of sp³-hybridized carbons (Fsp3) is 0.450. The maximum atomic E-state index is 13.2. The fourth-order valence-electron chi connectivity index (χ4n) is 3.83. The van der Waals surface area contributed by atoms with Crippen molar-refractivity contribution in [1.82, 2.24) is 14.7 Å². The highest BCUT2D eigenvalue weighted by atomic mass is 19.1. The van der Waals surface area contributed by atoms with Crippen LogP contribution in [0.4, 0.5) is 4.39 Å². The summed E-state index contributed by atoms with van der Waals surface area (Å²) < 4.78 is 20.2.